The van der Waals surface area contributed by atoms with Crippen LogP contribution in [0.25, 0.3) is 0 Å². The van der Waals surface area contributed by atoms with Crippen molar-refractivity contribution in [2.75, 3.05) is 7.11 Å². The van der Waals surface area contributed by atoms with E-state index in [0.717, 1.165) is 5.56 Å². The van der Waals surface area contributed by atoms with Crippen LogP contribution in [0.1, 0.15) is 10.6 Å². The molecule has 5 nitrogen and oxygen atoms in total. The van der Waals surface area contributed by atoms with Gasteiger partial charge in [-0.1, -0.05) is 17.4 Å². The van der Waals surface area contributed by atoms with Gasteiger partial charge in [-0.05, 0) is 29.3 Å². The van der Waals surface area contributed by atoms with Crippen molar-refractivity contribution in [1.82, 2.24) is 10.2 Å². The number of halogens is 1. The number of aromatic nitrogens is 2. The lowest BCUT2D eigenvalue weighted by Gasteiger charge is -2.10. The summed E-state index contributed by atoms with van der Waals surface area (Å²) in [6.45, 7) is 0.238. The van der Waals surface area contributed by atoms with Crippen LogP contribution in [0.15, 0.2) is 18.2 Å². The summed E-state index contributed by atoms with van der Waals surface area (Å²) in [4.78, 5) is 0. The second-order valence-electron chi connectivity index (χ2n) is 3.38. The van der Waals surface area contributed by atoms with Crippen molar-refractivity contribution in [3.05, 3.63) is 33.2 Å². The van der Waals surface area contributed by atoms with Gasteiger partial charge in [0.15, 0.2) is 16.5 Å². The quantitative estimate of drug-likeness (QED) is 0.913. The first-order valence-corrected chi connectivity index (χ1v) is 6.31. The van der Waals surface area contributed by atoms with E-state index in [0.29, 0.717) is 21.0 Å². The van der Waals surface area contributed by atoms with Gasteiger partial charge < -0.3 is 14.6 Å². The van der Waals surface area contributed by atoms with Crippen molar-refractivity contribution in [2.24, 2.45) is 0 Å². The van der Waals surface area contributed by atoms with E-state index in [-0.39, 0.29) is 13.2 Å². The van der Waals surface area contributed by atoms with Crippen LogP contribution in [0.4, 0.5) is 0 Å². The van der Waals surface area contributed by atoms with Crippen LogP contribution in [-0.2, 0) is 13.2 Å². The number of benzene rings is 1. The molecule has 0 saturated carbocycles. The highest BCUT2D eigenvalue weighted by Gasteiger charge is 2.08. The fourth-order valence-electron chi connectivity index (χ4n) is 1.36. The summed E-state index contributed by atoms with van der Waals surface area (Å²) in [6.07, 6.45) is 0. The van der Waals surface area contributed by atoms with Gasteiger partial charge in [0.25, 0.3) is 0 Å². The van der Waals surface area contributed by atoms with Crippen LogP contribution in [0.3, 0.4) is 0 Å². The largest absolute Gasteiger partial charge is 0.493 e. The van der Waals surface area contributed by atoms with E-state index in [1.54, 1.807) is 25.3 Å². The van der Waals surface area contributed by atoms with E-state index in [1.165, 1.54) is 11.3 Å². The van der Waals surface area contributed by atoms with Crippen molar-refractivity contribution in [3.63, 3.8) is 0 Å². The number of hydrogen-bond acceptors (Lipinski definition) is 6. The molecule has 0 aliphatic heterocycles. The number of hydrogen-bond donors (Lipinski definition) is 1. The standard InChI is InChI=1S/C11H11ClN2O3S/c1-16-9-4-7(5-15)2-3-8(9)17-6-10-13-14-11(12)18-10/h2-4,15H,5-6H2,1H3. The topological polar surface area (TPSA) is 64.5 Å². The molecular weight excluding hydrogens is 276 g/mol. The summed E-state index contributed by atoms with van der Waals surface area (Å²) >= 11 is 6.94. The second kappa shape index (κ2) is 5.99. The summed E-state index contributed by atoms with van der Waals surface area (Å²) in [5, 5.41) is 17.3. The van der Waals surface area contributed by atoms with E-state index in [1.807, 2.05) is 0 Å². The lowest BCUT2D eigenvalue weighted by atomic mass is 10.2. The average Bonchev–Trinajstić information content (AvgIpc) is 2.82. The summed E-state index contributed by atoms with van der Waals surface area (Å²) in [5.74, 6) is 1.15. The Bertz CT molecular complexity index is 533. The van der Waals surface area contributed by atoms with Crippen LogP contribution in [0.2, 0.25) is 4.47 Å². The maximum Gasteiger partial charge on any atom is 0.207 e. The second-order valence-corrected chi connectivity index (χ2v) is 5.02. The Kier molecular flexibility index (Phi) is 4.35. The molecule has 0 unspecified atom stereocenters. The van der Waals surface area contributed by atoms with Crippen LogP contribution < -0.4 is 9.47 Å². The Hall–Kier alpha value is -1.37. The molecule has 0 fully saturated rings. The smallest absolute Gasteiger partial charge is 0.207 e. The molecule has 0 aliphatic rings. The van der Waals surface area contributed by atoms with Crippen LogP contribution in [-0.4, -0.2) is 22.4 Å². The zero-order chi connectivity index (χ0) is 13.0. The van der Waals surface area contributed by atoms with E-state index in [9.17, 15) is 0 Å². The van der Waals surface area contributed by atoms with Gasteiger partial charge in [-0.15, -0.1) is 10.2 Å². The molecule has 2 rings (SSSR count). The zero-order valence-electron chi connectivity index (χ0n) is 9.59. The van der Waals surface area contributed by atoms with Crippen LogP contribution in [0, 0.1) is 0 Å². The maximum absolute atomic E-state index is 9.03. The molecular formula is C11H11ClN2O3S. The number of aliphatic hydroxyl groups excluding tert-OH is 1. The molecule has 0 radical (unpaired) electrons. The SMILES string of the molecule is COc1cc(CO)ccc1OCc1nnc(Cl)s1. The maximum atomic E-state index is 9.03. The highest BCUT2D eigenvalue weighted by atomic mass is 35.5. The number of aliphatic hydroxyl groups is 1. The monoisotopic (exact) mass is 286 g/mol. The molecule has 96 valence electrons. The van der Waals surface area contributed by atoms with Crippen LogP contribution in [0.5, 0.6) is 11.5 Å². The molecule has 2 aromatic rings. The normalized spacial score (nSPS) is 10.4. The molecule has 0 aliphatic carbocycles. The van der Waals surface area contributed by atoms with Gasteiger partial charge in [0, 0.05) is 0 Å². The lowest BCUT2D eigenvalue weighted by Crippen LogP contribution is -1.98. The van der Waals surface area contributed by atoms with Crippen molar-refractivity contribution >= 4 is 22.9 Å². The molecule has 18 heavy (non-hydrogen) atoms. The number of nitrogens with zero attached hydrogens (tertiary/aromatic N) is 2. The predicted octanol–water partition coefficient (Wildman–Crippen LogP) is 2.27. The molecule has 0 spiro atoms. The molecule has 0 atom stereocenters. The Balaban J connectivity index is 2.08. The lowest BCUT2D eigenvalue weighted by molar-refractivity contribution is 0.273. The van der Waals surface area contributed by atoms with E-state index in [2.05, 4.69) is 10.2 Å². The third-order valence-corrected chi connectivity index (χ3v) is 3.20. The van der Waals surface area contributed by atoms with Gasteiger partial charge in [0.1, 0.15) is 6.61 Å². The molecule has 1 heterocycles. The van der Waals surface area contributed by atoms with Crippen molar-refractivity contribution in [3.8, 4) is 11.5 Å². The van der Waals surface area contributed by atoms with Gasteiger partial charge in [-0.25, -0.2) is 0 Å². The van der Waals surface area contributed by atoms with Gasteiger partial charge in [-0.3, -0.25) is 0 Å². The molecule has 1 N–H and O–H groups in total. The first-order chi connectivity index (χ1) is 8.72. The van der Waals surface area contributed by atoms with Crippen molar-refractivity contribution in [2.45, 2.75) is 13.2 Å². The van der Waals surface area contributed by atoms with E-state index < -0.39 is 0 Å². The number of rotatable bonds is 5. The molecule has 7 heteroatoms. The Morgan fingerprint density at radius 2 is 2.17 bits per heavy atom. The average molecular weight is 287 g/mol. The fourth-order valence-corrected chi connectivity index (χ4v) is 2.14. The first kappa shape index (κ1) is 13.1. The summed E-state index contributed by atoms with van der Waals surface area (Å²) in [5.41, 5.74) is 0.762. The molecule has 0 saturated heterocycles. The zero-order valence-corrected chi connectivity index (χ0v) is 11.2. The van der Waals surface area contributed by atoms with Gasteiger partial charge in [0.2, 0.25) is 4.47 Å². The van der Waals surface area contributed by atoms with Crippen molar-refractivity contribution in [1.29, 1.82) is 0 Å². The first-order valence-electron chi connectivity index (χ1n) is 5.11. The fraction of sp³-hybridized carbons (Fsp3) is 0.273. The highest BCUT2D eigenvalue weighted by molar-refractivity contribution is 7.15. The van der Waals surface area contributed by atoms with E-state index >= 15 is 0 Å². The van der Waals surface area contributed by atoms with Gasteiger partial charge in [0.05, 0.1) is 13.7 Å². The minimum atomic E-state index is -0.0390. The molecule has 1 aromatic heterocycles. The third-order valence-electron chi connectivity index (χ3n) is 2.20. The van der Waals surface area contributed by atoms with Gasteiger partial charge >= 0.3 is 0 Å². The van der Waals surface area contributed by atoms with E-state index in [4.69, 9.17) is 26.2 Å². The molecule has 1 aromatic carbocycles. The Morgan fingerprint density at radius 1 is 1.33 bits per heavy atom. The Morgan fingerprint density at radius 3 is 2.78 bits per heavy atom. The predicted molar refractivity (Wildman–Crippen MR) is 68.2 cm³/mol. The number of ether oxygens (including phenoxy) is 2. The molecule has 0 amide bonds. The Labute approximate surface area is 113 Å². The van der Waals surface area contributed by atoms with Crippen molar-refractivity contribution < 1.29 is 14.6 Å². The van der Waals surface area contributed by atoms with Crippen LogP contribution >= 0.6 is 22.9 Å². The summed E-state index contributed by atoms with van der Waals surface area (Å²) in [7, 11) is 1.55. The summed E-state index contributed by atoms with van der Waals surface area (Å²) < 4.78 is 11.1. The van der Waals surface area contributed by atoms with Gasteiger partial charge in [-0.2, -0.15) is 0 Å². The third kappa shape index (κ3) is 3.10. The number of methoxy groups -OCH3 is 1. The minimum Gasteiger partial charge on any atom is -0.493 e. The highest BCUT2D eigenvalue weighted by Crippen LogP contribution is 2.29. The summed E-state index contributed by atoms with van der Waals surface area (Å²) in [6, 6.07) is 5.24. The minimum absolute atomic E-state index is 0.0390. The molecule has 0 bridgehead atoms.